The van der Waals surface area contributed by atoms with Gasteiger partial charge in [-0.15, -0.1) is 22.7 Å². The molecule has 0 unspecified atom stereocenters. The molecule has 1 saturated carbocycles. The van der Waals surface area contributed by atoms with E-state index in [1.165, 1.54) is 35.5 Å². The van der Waals surface area contributed by atoms with E-state index in [9.17, 15) is 8.42 Å². The summed E-state index contributed by atoms with van der Waals surface area (Å²) in [5.74, 6) is 0. The van der Waals surface area contributed by atoms with Crippen molar-refractivity contribution in [2.75, 3.05) is 4.72 Å². The average molecular weight is 315 g/mol. The van der Waals surface area contributed by atoms with Gasteiger partial charge in [-0.05, 0) is 25.0 Å². The molecule has 0 bridgehead atoms. The molecule has 102 valence electrons. The minimum atomic E-state index is -3.50. The molecule has 5 nitrogen and oxygen atoms in total. The Hall–Kier alpha value is -0.960. The first kappa shape index (κ1) is 13.0. The Bertz CT molecular complexity index is 645. The predicted molar refractivity (Wildman–Crippen MR) is 77.1 cm³/mol. The fourth-order valence-corrected chi connectivity index (χ4v) is 4.66. The summed E-state index contributed by atoms with van der Waals surface area (Å²) in [7, 11) is -3.50. The summed E-state index contributed by atoms with van der Waals surface area (Å²) in [4.78, 5) is 4.96. The topological polar surface area (TPSA) is 71.1 Å². The molecule has 2 aromatic rings. The van der Waals surface area contributed by atoms with Crippen LogP contribution in [0.4, 0.5) is 5.13 Å². The number of hydrogen-bond acceptors (Lipinski definition) is 6. The Morgan fingerprint density at radius 2 is 2.21 bits per heavy atom. The van der Waals surface area contributed by atoms with Crippen LogP contribution < -0.4 is 10.0 Å². The van der Waals surface area contributed by atoms with Gasteiger partial charge >= 0.3 is 0 Å². The summed E-state index contributed by atoms with van der Waals surface area (Å²) in [6, 6.07) is 4.12. The number of nitrogens with one attached hydrogen (secondary N) is 2. The lowest BCUT2D eigenvalue weighted by atomic mass is 10.4. The van der Waals surface area contributed by atoms with E-state index >= 15 is 0 Å². The molecule has 1 aliphatic carbocycles. The summed E-state index contributed by atoms with van der Waals surface area (Å²) in [6.07, 6.45) is 4.02. The third-order valence-electron chi connectivity index (χ3n) is 2.70. The molecule has 2 heterocycles. The molecule has 0 radical (unpaired) electrons. The van der Waals surface area contributed by atoms with Crippen LogP contribution in [0.2, 0.25) is 0 Å². The van der Waals surface area contributed by atoms with Gasteiger partial charge in [0.2, 0.25) is 0 Å². The second-order valence-corrected chi connectivity index (χ2v) is 8.29. The lowest BCUT2D eigenvalue weighted by Gasteiger charge is -2.02. The van der Waals surface area contributed by atoms with Gasteiger partial charge in [0.05, 0.1) is 0 Å². The van der Waals surface area contributed by atoms with Crippen LogP contribution in [0.5, 0.6) is 0 Å². The number of thiazole rings is 1. The molecule has 19 heavy (non-hydrogen) atoms. The zero-order valence-electron chi connectivity index (χ0n) is 10.00. The van der Waals surface area contributed by atoms with E-state index in [4.69, 9.17) is 0 Å². The van der Waals surface area contributed by atoms with Crippen molar-refractivity contribution in [3.8, 4) is 0 Å². The van der Waals surface area contributed by atoms with Gasteiger partial charge in [-0.1, -0.05) is 0 Å². The van der Waals surface area contributed by atoms with E-state index in [2.05, 4.69) is 15.0 Å². The van der Waals surface area contributed by atoms with Crippen molar-refractivity contribution >= 4 is 37.8 Å². The van der Waals surface area contributed by atoms with Gasteiger partial charge in [0.25, 0.3) is 10.0 Å². The van der Waals surface area contributed by atoms with Crippen LogP contribution in [-0.4, -0.2) is 19.4 Å². The number of hydrogen-bond donors (Lipinski definition) is 2. The van der Waals surface area contributed by atoms with E-state index in [0.29, 0.717) is 15.4 Å². The maximum absolute atomic E-state index is 12.1. The highest BCUT2D eigenvalue weighted by atomic mass is 32.2. The van der Waals surface area contributed by atoms with Gasteiger partial charge in [0.1, 0.15) is 4.21 Å². The molecule has 8 heteroatoms. The first-order valence-electron chi connectivity index (χ1n) is 5.88. The molecule has 3 rings (SSSR count). The molecule has 0 saturated heterocycles. The molecule has 0 amide bonds. The molecule has 1 fully saturated rings. The Morgan fingerprint density at radius 1 is 1.37 bits per heavy atom. The molecular formula is C11H13N3O2S3. The standard InChI is InChI=1S/C11H13N3O2S3/c15-19(16,14-11-12-5-6-17-11)10-4-3-9(18-10)7-13-8-1-2-8/h3-6,8,13H,1-2,7H2,(H,12,14). The molecular weight excluding hydrogens is 302 g/mol. The van der Waals surface area contributed by atoms with Crippen molar-refractivity contribution in [1.82, 2.24) is 10.3 Å². The van der Waals surface area contributed by atoms with Crippen LogP contribution in [0.25, 0.3) is 0 Å². The lowest BCUT2D eigenvalue weighted by molar-refractivity contribution is 0.603. The summed E-state index contributed by atoms with van der Waals surface area (Å²) < 4.78 is 27.0. The Balaban J connectivity index is 1.69. The maximum atomic E-state index is 12.1. The Kier molecular flexibility index (Phi) is 3.57. The van der Waals surface area contributed by atoms with E-state index in [1.54, 1.807) is 17.6 Å². The van der Waals surface area contributed by atoms with Crippen molar-refractivity contribution in [3.05, 3.63) is 28.6 Å². The summed E-state index contributed by atoms with van der Waals surface area (Å²) in [6.45, 7) is 0.738. The molecule has 2 aromatic heterocycles. The number of anilines is 1. The summed E-state index contributed by atoms with van der Waals surface area (Å²) >= 11 is 2.56. The third-order valence-corrected chi connectivity index (χ3v) is 6.43. The minimum absolute atomic E-state index is 0.329. The average Bonchev–Trinajstić information content (AvgIpc) is 2.87. The highest BCUT2D eigenvalue weighted by molar-refractivity contribution is 7.94. The SMILES string of the molecule is O=S(=O)(Nc1nccs1)c1ccc(CNC2CC2)s1. The largest absolute Gasteiger partial charge is 0.309 e. The van der Waals surface area contributed by atoms with Crippen LogP contribution in [0.1, 0.15) is 17.7 Å². The van der Waals surface area contributed by atoms with Gasteiger partial charge in [-0.3, -0.25) is 4.72 Å². The minimum Gasteiger partial charge on any atom is -0.309 e. The van der Waals surface area contributed by atoms with Gasteiger partial charge in [0, 0.05) is 29.0 Å². The zero-order valence-corrected chi connectivity index (χ0v) is 12.4. The van der Waals surface area contributed by atoms with Crippen LogP contribution in [0, 0.1) is 0 Å². The van der Waals surface area contributed by atoms with Crippen molar-refractivity contribution in [2.45, 2.75) is 29.6 Å². The van der Waals surface area contributed by atoms with Crippen molar-refractivity contribution in [3.63, 3.8) is 0 Å². The third kappa shape index (κ3) is 3.33. The van der Waals surface area contributed by atoms with Gasteiger partial charge < -0.3 is 5.32 Å². The molecule has 0 spiro atoms. The number of rotatable bonds is 6. The number of aromatic nitrogens is 1. The fraction of sp³-hybridized carbons (Fsp3) is 0.364. The van der Waals surface area contributed by atoms with Gasteiger partial charge in [-0.2, -0.15) is 0 Å². The van der Waals surface area contributed by atoms with Crippen LogP contribution in [-0.2, 0) is 16.6 Å². The van der Waals surface area contributed by atoms with Gasteiger partial charge in [-0.25, -0.2) is 13.4 Å². The quantitative estimate of drug-likeness (QED) is 0.858. The van der Waals surface area contributed by atoms with Crippen molar-refractivity contribution in [2.24, 2.45) is 0 Å². The first-order chi connectivity index (χ1) is 9.13. The summed E-state index contributed by atoms with van der Waals surface area (Å²) in [5.41, 5.74) is 0. The van der Waals surface area contributed by atoms with E-state index < -0.39 is 10.0 Å². The second-order valence-electron chi connectivity index (χ2n) is 4.32. The van der Waals surface area contributed by atoms with E-state index in [1.807, 2.05) is 6.07 Å². The fourth-order valence-electron chi connectivity index (χ4n) is 1.57. The predicted octanol–water partition coefficient (Wildman–Crippen LogP) is 2.26. The first-order valence-corrected chi connectivity index (χ1v) is 9.06. The normalized spacial score (nSPS) is 15.6. The molecule has 0 aromatic carbocycles. The van der Waals surface area contributed by atoms with Crippen LogP contribution >= 0.6 is 22.7 Å². The number of sulfonamides is 1. The van der Waals surface area contributed by atoms with E-state index in [-0.39, 0.29) is 0 Å². The van der Waals surface area contributed by atoms with E-state index in [0.717, 1.165) is 11.4 Å². The second kappa shape index (κ2) is 5.20. The van der Waals surface area contributed by atoms with Crippen LogP contribution in [0.15, 0.2) is 27.9 Å². The monoisotopic (exact) mass is 315 g/mol. The zero-order chi connectivity index (χ0) is 13.3. The molecule has 2 N–H and O–H groups in total. The number of thiophene rings is 1. The lowest BCUT2D eigenvalue weighted by Crippen LogP contribution is -2.14. The van der Waals surface area contributed by atoms with Crippen molar-refractivity contribution < 1.29 is 8.42 Å². The molecule has 0 aliphatic heterocycles. The maximum Gasteiger partial charge on any atom is 0.273 e. The molecule has 1 aliphatic rings. The highest BCUT2D eigenvalue weighted by Crippen LogP contribution is 2.26. The number of nitrogens with zero attached hydrogens (tertiary/aromatic N) is 1. The van der Waals surface area contributed by atoms with Gasteiger partial charge in [0.15, 0.2) is 5.13 Å². The van der Waals surface area contributed by atoms with Crippen molar-refractivity contribution in [1.29, 1.82) is 0 Å². The van der Waals surface area contributed by atoms with Crippen LogP contribution in [0.3, 0.4) is 0 Å². The Labute approximate surface area is 119 Å². The highest BCUT2D eigenvalue weighted by Gasteiger charge is 2.21. The smallest absolute Gasteiger partial charge is 0.273 e. The summed E-state index contributed by atoms with van der Waals surface area (Å²) in [5, 5.41) is 5.50. The Morgan fingerprint density at radius 3 is 2.89 bits per heavy atom. The molecule has 0 atom stereocenters.